The van der Waals surface area contributed by atoms with E-state index in [1.54, 1.807) is 0 Å². The zero-order chi connectivity index (χ0) is 14.3. The number of amides is 1. The number of carbonyl (C=O) groups excluding carboxylic acids is 1. The average Bonchev–Trinajstić information content (AvgIpc) is 2.36. The zero-order valence-corrected chi connectivity index (χ0v) is 14.4. The quantitative estimate of drug-likeness (QED) is 0.788. The SMILES string of the molecule is CNCCC(=O)NC(CC1CCCCC1)C(C)(C)C.Cl. The number of carbonyl (C=O) groups is 1. The molecule has 1 rings (SSSR count). The van der Waals surface area contributed by atoms with E-state index in [4.69, 9.17) is 0 Å². The summed E-state index contributed by atoms with van der Waals surface area (Å²) in [5.74, 6) is 0.993. The van der Waals surface area contributed by atoms with Gasteiger partial charge in [-0.15, -0.1) is 12.4 Å². The predicted molar refractivity (Wildman–Crippen MR) is 88.4 cm³/mol. The molecule has 0 aromatic carbocycles. The van der Waals surface area contributed by atoms with Crippen LogP contribution in [-0.4, -0.2) is 25.5 Å². The Morgan fingerprint density at radius 2 is 1.80 bits per heavy atom. The number of hydrogen-bond acceptors (Lipinski definition) is 2. The van der Waals surface area contributed by atoms with Crippen LogP contribution in [0, 0.1) is 11.3 Å². The van der Waals surface area contributed by atoms with Crippen LogP contribution in [0.15, 0.2) is 0 Å². The fourth-order valence-corrected chi connectivity index (χ4v) is 2.89. The number of rotatable bonds is 6. The van der Waals surface area contributed by atoms with Crippen LogP contribution >= 0.6 is 12.4 Å². The van der Waals surface area contributed by atoms with Crippen LogP contribution in [-0.2, 0) is 4.79 Å². The van der Waals surface area contributed by atoms with Gasteiger partial charge in [-0.3, -0.25) is 4.79 Å². The molecule has 1 aliphatic carbocycles. The van der Waals surface area contributed by atoms with Gasteiger partial charge in [0.2, 0.25) is 5.91 Å². The second-order valence-corrected chi connectivity index (χ2v) is 7.08. The number of nitrogens with one attached hydrogen (secondary N) is 2. The molecule has 1 fully saturated rings. The molecule has 1 saturated carbocycles. The molecule has 2 N–H and O–H groups in total. The normalized spacial score (nSPS) is 18.2. The van der Waals surface area contributed by atoms with Crippen molar-refractivity contribution in [1.29, 1.82) is 0 Å². The first-order valence-electron chi connectivity index (χ1n) is 7.87. The van der Waals surface area contributed by atoms with Crippen molar-refractivity contribution in [2.75, 3.05) is 13.6 Å². The molecule has 1 amide bonds. The van der Waals surface area contributed by atoms with Crippen molar-refractivity contribution >= 4 is 18.3 Å². The van der Waals surface area contributed by atoms with Gasteiger partial charge in [-0.2, -0.15) is 0 Å². The van der Waals surface area contributed by atoms with Gasteiger partial charge >= 0.3 is 0 Å². The molecule has 1 unspecified atom stereocenters. The van der Waals surface area contributed by atoms with Crippen molar-refractivity contribution in [1.82, 2.24) is 10.6 Å². The van der Waals surface area contributed by atoms with Gasteiger partial charge in [0.15, 0.2) is 0 Å². The fourth-order valence-electron chi connectivity index (χ4n) is 2.89. The first kappa shape index (κ1) is 19.7. The highest BCUT2D eigenvalue weighted by Gasteiger charge is 2.29. The summed E-state index contributed by atoms with van der Waals surface area (Å²) < 4.78 is 0. The van der Waals surface area contributed by atoms with Gasteiger partial charge in [0.05, 0.1) is 0 Å². The summed E-state index contributed by atoms with van der Waals surface area (Å²) in [6, 6.07) is 0.306. The van der Waals surface area contributed by atoms with E-state index >= 15 is 0 Å². The Kier molecular flexibility index (Phi) is 9.48. The number of hydrogen-bond donors (Lipinski definition) is 2. The van der Waals surface area contributed by atoms with Crippen LogP contribution in [0.5, 0.6) is 0 Å². The van der Waals surface area contributed by atoms with Crippen molar-refractivity contribution in [3.05, 3.63) is 0 Å². The van der Waals surface area contributed by atoms with E-state index in [9.17, 15) is 4.79 Å². The van der Waals surface area contributed by atoms with Gasteiger partial charge < -0.3 is 10.6 Å². The van der Waals surface area contributed by atoms with E-state index in [2.05, 4.69) is 31.4 Å². The lowest BCUT2D eigenvalue weighted by atomic mass is 9.77. The van der Waals surface area contributed by atoms with Crippen molar-refractivity contribution in [3.63, 3.8) is 0 Å². The molecule has 0 radical (unpaired) electrons. The maximum absolute atomic E-state index is 11.9. The van der Waals surface area contributed by atoms with E-state index in [1.807, 2.05) is 7.05 Å². The van der Waals surface area contributed by atoms with Gasteiger partial charge in [0.1, 0.15) is 0 Å². The molecule has 0 saturated heterocycles. The first-order chi connectivity index (χ1) is 8.93. The van der Waals surface area contributed by atoms with E-state index in [1.165, 1.54) is 32.1 Å². The molecule has 1 atom stereocenters. The molecule has 120 valence electrons. The van der Waals surface area contributed by atoms with E-state index < -0.39 is 0 Å². The smallest absolute Gasteiger partial charge is 0.221 e. The molecule has 0 heterocycles. The van der Waals surface area contributed by atoms with Gasteiger partial charge in [0, 0.05) is 19.0 Å². The maximum atomic E-state index is 11.9. The van der Waals surface area contributed by atoms with Crippen LogP contribution in [0.25, 0.3) is 0 Å². The summed E-state index contributed by atoms with van der Waals surface area (Å²) in [6.07, 6.45) is 8.55. The minimum absolute atomic E-state index is 0. The van der Waals surface area contributed by atoms with Crippen LogP contribution in [0.1, 0.15) is 65.7 Å². The van der Waals surface area contributed by atoms with Crippen LogP contribution in [0.3, 0.4) is 0 Å². The summed E-state index contributed by atoms with van der Waals surface area (Å²) in [4.78, 5) is 11.9. The van der Waals surface area contributed by atoms with Crippen molar-refractivity contribution in [3.8, 4) is 0 Å². The topological polar surface area (TPSA) is 41.1 Å². The molecule has 0 aliphatic heterocycles. The van der Waals surface area contributed by atoms with E-state index in [0.717, 1.165) is 18.9 Å². The standard InChI is InChI=1S/C16H32N2O.ClH/c1-16(2,3)14(18-15(19)10-11-17-4)12-13-8-6-5-7-9-13;/h13-14,17H,5-12H2,1-4H3,(H,18,19);1H. The molecule has 0 spiro atoms. The maximum Gasteiger partial charge on any atom is 0.221 e. The minimum atomic E-state index is 0. The lowest BCUT2D eigenvalue weighted by Crippen LogP contribution is -2.45. The Labute approximate surface area is 131 Å². The minimum Gasteiger partial charge on any atom is -0.353 e. The first-order valence-corrected chi connectivity index (χ1v) is 7.87. The third-order valence-corrected chi connectivity index (χ3v) is 4.28. The van der Waals surface area contributed by atoms with Gasteiger partial charge in [-0.1, -0.05) is 52.9 Å². The highest BCUT2D eigenvalue weighted by molar-refractivity contribution is 5.85. The largest absolute Gasteiger partial charge is 0.353 e. The third-order valence-electron chi connectivity index (χ3n) is 4.28. The van der Waals surface area contributed by atoms with Crippen molar-refractivity contribution < 1.29 is 4.79 Å². The van der Waals surface area contributed by atoms with Gasteiger partial charge in [-0.25, -0.2) is 0 Å². The molecule has 3 nitrogen and oxygen atoms in total. The molecular weight excluding hydrogens is 272 g/mol. The highest BCUT2D eigenvalue weighted by atomic mass is 35.5. The molecule has 0 aromatic rings. The molecular formula is C16H33ClN2O. The zero-order valence-electron chi connectivity index (χ0n) is 13.6. The molecule has 4 heteroatoms. The monoisotopic (exact) mass is 304 g/mol. The average molecular weight is 305 g/mol. The van der Waals surface area contributed by atoms with Gasteiger partial charge in [0.25, 0.3) is 0 Å². The lowest BCUT2D eigenvalue weighted by molar-refractivity contribution is -0.122. The van der Waals surface area contributed by atoms with Crippen molar-refractivity contribution in [2.24, 2.45) is 11.3 Å². The Balaban J connectivity index is 0.00000361. The molecule has 1 aliphatic rings. The number of halogens is 1. The Morgan fingerprint density at radius 1 is 1.20 bits per heavy atom. The van der Waals surface area contributed by atoms with Gasteiger partial charge in [-0.05, 0) is 24.8 Å². The summed E-state index contributed by atoms with van der Waals surface area (Å²) in [6.45, 7) is 7.46. The Hall–Kier alpha value is -0.280. The summed E-state index contributed by atoms with van der Waals surface area (Å²) >= 11 is 0. The van der Waals surface area contributed by atoms with Crippen molar-refractivity contribution in [2.45, 2.75) is 71.8 Å². The van der Waals surface area contributed by atoms with Crippen LogP contribution in [0.2, 0.25) is 0 Å². The predicted octanol–water partition coefficient (Wildman–Crippen LogP) is 3.52. The van der Waals surface area contributed by atoms with Crippen LogP contribution in [0.4, 0.5) is 0 Å². The molecule has 20 heavy (non-hydrogen) atoms. The second kappa shape index (κ2) is 9.62. The third kappa shape index (κ3) is 7.49. The summed E-state index contributed by atoms with van der Waals surface area (Å²) in [7, 11) is 1.89. The van der Waals surface area contributed by atoms with Crippen LogP contribution < -0.4 is 10.6 Å². The van der Waals surface area contributed by atoms with E-state index in [-0.39, 0.29) is 23.7 Å². The second-order valence-electron chi connectivity index (χ2n) is 7.08. The lowest BCUT2D eigenvalue weighted by Gasteiger charge is -2.35. The Bertz CT molecular complexity index is 270. The molecule has 0 bridgehead atoms. The molecule has 0 aromatic heterocycles. The Morgan fingerprint density at radius 3 is 2.30 bits per heavy atom. The highest BCUT2D eigenvalue weighted by Crippen LogP contribution is 2.32. The fraction of sp³-hybridized carbons (Fsp3) is 0.938. The summed E-state index contributed by atoms with van der Waals surface area (Å²) in [5, 5.41) is 6.29. The summed E-state index contributed by atoms with van der Waals surface area (Å²) in [5.41, 5.74) is 0.146. The van der Waals surface area contributed by atoms with E-state index in [0.29, 0.717) is 12.5 Å².